The van der Waals surface area contributed by atoms with Crippen LogP contribution in [0.4, 0.5) is 0 Å². The summed E-state index contributed by atoms with van der Waals surface area (Å²) in [6.07, 6.45) is 6.34. The zero-order chi connectivity index (χ0) is 10.5. The molecule has 1 fully saturated rings. The van der Waals surface area contributed by atoms with Crippen LogP contribution in [0.25, 0.3) is 0 Å². The zero-order valence-corrected chi connectivity index (χ0v) is 11.6. The van der Waals surface area contributed by atoms with E-state index in [2.05, 4.69) is 15.3 Å². The Balaban J connectivity index is 0.00000128. The summed E-state index contributed by atoms with van der Waals surface area (Å²) in [4.78, 5) is 8.66. The normalized spacial score (nSPS) is 16.8. The van der Waals surface area contributed by atoms with Crippen LogP contribution >= 0.6 is 35.9 Å². The van der Waals surface area contributed by atoms with E-state index in [1.807, 2.05) is 30.3 Å². The van der Waals surface area contributed by atoms with Crippen LogP contribution in [0.5, 0.6) is 0 Å². The Morgan fingerprint density at radius 3 is 2.81 bits per heavy atom. The molecule has 90 valence electrons. The number of halogens is 1. The van der Waals surface area contributed by atoms with Crippen molar-refractivity contribution in [3.8, 4) is 0 Å². The van der Waals surface area contributed by atoms with Crippen molar-refractivity contribution in [2.75, 3.05) is 19.3 Å². The summed E-state index contributed by atoms with van der Waals surface area (Å²) in [5.74, 6) is 0. The summed E-state index contributed by atoms with van der Waals surface area (Å²) < 4.78 is 0. The topological polar surface area (TPSA) is 37.8 Å². The Labute approximate surface area is 111 Å². The molecule has 0 saturated carbocycles. The molecule has 3 nitrogen and oxygen atoms in total. The van der Waals surface area contributed by atoms with E-state index >= 15 is 0 Å². The number of hydrogen-bond donors (Lipinski definition) is 1. The molecule has 1 aliphatic rings. The van der Waals surface area contributed by atoms with Gasteiger partial charge in [0.2, 0.25) is 0 Å². The summed E-state index contributed by atoms with van der Waals surface area (Å²) in [6.45, 7) is 2.27. The maximum absolute atomic E-state index is 4.48. The predicted octanol–water partition coefficient (Wildman–Crippen LogP) is 2.46. The standard InChI is InChI=1S/C10H15N3S2.ClH/c1-14-10-12-7-4-9(13-10)15-8-2-5-11-6-3-8;/h4,7-8,11H,2-3,5-6H2,1H3;1H. The molecule has 1 aromatic heterocycles. The molecule has 1 saturated heterocycles. The molecule has 1 aromatic rings. The molecular weight excluding hydrogens is 262 g/mol. The van der Waals surface area contributed by atoms with Gasteiger partial charge in [-0.25, -0.2) is 9.97 Å². The Kier molecular flexibility index (Phi) is 6.49. The Morgan fingerprint density at radius 2 is 2.12 bits per heavy atom. The van der Waals surface area contributed by atoms with Crippen LogP contribution < -0.4 is 5.32 Å². The second-order valence-corrected chi connectivity index (χ2v) is 5.54. The molecule has 0 aliphatic carbocycles. The van der Waals surface area contributed by atoms with E-state index in [9.17, 15) is 0 Å². The minimum absolute atomic E-state index is 0. The van der Waals surface area contributed by atoms with Gasteiger partial charge in [0.15, 0.2) is 5.16 Å². The van der Waals surface area contributed by atoms with Crippen molar-refractivity contribution in [3.05, 3.63) is 12.3 Å². The third kappa shape index (κ3) is 4.13. The lowest BCUT2D eigenvalue weighted by Crippen LogP contribution is -2.29. The highest BCUT2D eigenvalue weighted by Crippen LogP contribution is 2.27. The van der Waals surface area contributed by atoms with Gasteiger partial charge in [-0.1, -0.05) is 11.8 Å². The van der Waals surface area contributed by atoms with Gasteiger partial charge in [-0.3, -0.25) is 0 Å². The minimum Gasteiger partial charge on any atom is -0.317 e. The van der Waals surface area contributed by atoms with E-state index in [1.54, 1.807) is 11.8 Å². The molecule has 0 aromatic carbocycles. The average Bonchev–Trinajstić information content (AvgIpc) is 2.31. The van der Waals surface area contributed by atoms with Crippen LogP contribution in [0, 0.1) is 0 Å². The fraction of sp³-hybridized carbons (Fsp3) is 0.600. The highest BCUT2D eigenvalue weighted by atomic mass is 35.5. The maximum Gasteiger partial charge on any atom is 0.188 e. The molecule has 1 aliphatic heterocycles. The number of hydrogen-bond acceptors (Lipinski definition) is 5. The molecule has 0 amide bonds. The highest BCUT2D eigenvalue weighted by molar-refractivity contribution is 8.00. The van der Waals surface area contributed by atoms with Gasteiger partial charge in [0, 0.05) is 11.4 Å². The van der Waals surface area contributed by atoms with Crippen molar-refractivity contribution in [2.24, 2.45) is 0 Å². The first-order valence-corrected chi connectivity index (χ1v) is 7.23. The van der Waals surface area contributed by atoms with Crippen LogP contribution in [-0.2, 0) is 0 Å². The Morgan fingerprint density at radius 1 is 1.38 bits per heavy atom. The van der Waals surface area contributed by atoms with Crippen molar-refractivity contribution in [1.82, 2.24) is 15.3 Å². The van der Waals surface area contributed by atoms with Gasteiger partial charge in [0.1, 0.15) is 5.03 Å². The number of aromatic nitrogens is 2. The summed E-state index contributed by atoms with van der Waals surface area (Å²) in [7, 11) is 0. The Bertz CT molecular complexity index is 319. The van der Waals surface area contributed by atoms with Crippen LogP contribution in [-0.4, -0.2) is 34.6 Å². The lowest BCUT2D eigenvalue weighted by atomic mass is 10.2. The molecule has 0 spiro atoms. The zero-order valence-electron chi connectivity index (χ0n) is 9.18. The van der Waals surface area contributed by atoms with Gasteiger partial charge in [-0.05, 0) is 38.3 Å². The van der Waals surface area contributed by atoms with Crippen LogP contribution in [0.15, 0.2) is 22.4 Å². The van der Waals surface area contributed by atoms with Crippen molar-refractivity contribution >= 4 is 35.9 Å². The first-order valence-electron chi connectivity index (χ1n) is 5.13. The van der Waals surface area contributed by atoms with Gasteiger partial charge in [-0.2, -0.15) is 0 Å². The lowest BCUT2D eigenvalue weighted by Gasteiger charge is -2.21. The van der Waals surface area contributed by atoms with Crippen molar-refractivity contribution in [3.63, 3.8) is 0 Å². The molecule has 6 heteroatoms. The van der Waals surface area contributed by atoms with E-state index in [1.165, 1.54) is 12.8 Å². The number of nitrogens with zero attached hydrogens (tertiary/aromatic N) is 2. The van der Waals surface area contributed by atoms with E-state index in [0.717, 1.165) is 28.5 Å². The predicted molar refractivity (Wildman–Crippen MR) is 72.8 cm³/mol. The van der Waals surface area contributed by atoms with Gasteiger partial charge >= 0.3 is 0 Å². The molecule has 16 heavy (non-hydrogen) atoms. The fourth-order valence-corrected chi connectivity index (χ4v) is 3.08. The largest absolute Gasteiger partial charge is 0.317 e. The molecule has 2 heterocycles. The van der Waals surface area contributed by atoms with Crippen LogP contribution in [0.2, 0.25) is 0 Å². The van der Waals surface area contributed by atoms with Gasteiger partial charge in [0.05, 0.1) is 0 Å². The average molecular weight is 278 g/mol. The van der Waals surface area contributed by atoms with Gasteiger partial charge < -0.3 is 5.32 Å². The van der Waals surface area contributed by atoms with Gasteiger partial charge in [0.25, 0.3) is 0 Å². The third-order valence-corrected chi connectivity index (χ3v) is 4.20. The fourth-order valence-electron chi connectivity index (χ4n) is 1.57. The molecule has 1 N–H and O–H groups in total. The monoisotopic (exact) mass is 277 g/mol. The van der Waals surface area contributed by atoms with Gasteiger partial charge in [-0.15, -0.1) is 24.2 Å². The number of nitrogens with one attached hydrogen (secondary N) is 1. The van der Waals surface area contributed by atoms with E-state index < -0.39 is 0 Å². The first-order chi connectivity index (χ1) is 7.38. The molecule has 0 unspecified atom stereocenters. The molecular formula is C10H16ClN3S2. The second-order valence-electron chi connectivity index (χ2n) is 3.45. The third-order valence-electron chi connectivity index (χ3n) is 2.36. The lowest BCUT2D eigenvalue weighted by molar-refractivity contribution is 0.531. The molecule has 0 radical (unpaired) electrons. The van der Waals surface area contributed by atoms with Crippen molar-refractivity contribution < 1.29 is 0 Å². The number of thioether (sulfide) groups is 2. The second kappa shape index (κ2) is 7.37. The van der Waals surface area contributed by atoms with Crippen molar-refractivity contribution in [1.29, 1.82) is 0 Å². The molecule has 0 atom stereocenters. The van der Waals surface area contributed by atoms with Crippen LogP contribution in [0.3, 0.4) is 0 Å². The highest BCUT2D eigenvalue weighted by Gasteiger charge is 2.14. The van der Waals surface area contributed by atoms with E-state index in [4.69, 9.17) is 0 Å². The Hall–Kier alpha value is 0.0300. The summed E-state index contributed by atoms with van der Waals surface area (Å²) >= 11 is 3.49. The maximum atomic E-state index is 4.48. The quantitative estimate of drug-likeness (QED) is 0.522. The summed E-state index contributed by atoms with van der Waals surface area (Å²) in [6, 6.07) is 2.01. The smallest absolute Gasteiger partial charge is 0.188 e. The van der Waals surface area contributed by atoms with E-state index in [0.29, 0.717) is 0 Å². The van der Waals surface area contributed by atoms with Crippen LogP contribution in [0.1, 0.15) is 12.8 Å². The number of rotatable bonds is 3. The van der Waals surface area contributed by atoms with Crippen molar-refractivity contribution in [2.45, 2.75) is 28.3 Å². The summed E-state index contributed by atoms with van der Waals surface area (Å²) in [5, 5.41) is 6.07. The summed E-state index contributed by atoms with van der Waals surface area (Å²) in [5.41, 5.74) is 0. The first kappa shape index (κ1) is 14.1. The number of piperidine rings is 1. The van der Waals surface area contributed by atoms with E-state index in [-0.39, 0.29) is 12.4 Å². The SMILES string of the molecule is CSc1nccc(SC2CCNCC2)n1.Cl. The molecule has 2 rings (SSSR count). The molecule has 0 bridgehead atoms. The minimum atomic E-state index is 0.